The van der Waals surface area contributed by atoms with Crippen LogP contribution in [0.15, 0.2) is 0 Å². The largest absolute Gasteiger partial charge is 0.346 e. The van der Waals surface area contributed by atoms with E-state index in [-0.39, 0.29) is 13.2 Å². The standard InChI is InChI=1S/C6H13FIO3P/c1-3-10-12(9,11-4-2)6(8)5-7/h6H,3-5H2,1-2H3. The molecule has 0 aliphatic rings. The molecule has 0 amide bonds. The van der Waals surface area contributed by atoms with Crippen molar-refractivity contribution in [3.63, 3.8) is 0 Å². The number of halogens is 2. The fraction of sp³-hybridized carbons (Fsp3) is 1.00. The first-order valence-electron chi connectivity index (χ1n) is 3.69. The lowest BCUT2D eigenvalue weighted by molar-refractivity contribution is 0.216. The molecule has 3 nitrogen and oxygen atoms in total. The van der Waals surface area contributed by atoms with E-state index in [9.17, 15) is 8.96 Å². The highest BCUT2D eigenvalue weighted by Gasteiger charge is 2.33. The first-order chi connectivity index (χ1) is 5.60. The number of alkyl halides is 2. The predicted molar refractivity (Wildman–Crippen MR) is 54.6 cm³/mol. The smallest absolute Gasteiger partial charge is 0.308 e. The Hall–Kier alpha value is 0.810. The molecular weight excluding hydrogens is 297 g/mol. The number of hydrogen-bond donors (Lipinski definition) is 0. The lowest BCUT2D eigenvalue weighted by Gasteiger charge is -2.19. The van der Waals surface area contributed by atoms with Crippen LogP contribution in [-0.4, -0.2) is 23.6 Å². The van der Waals surface area contributed by atoms with Crippen LogP contribution in [0.1, 0.15) is 13.8 Å². The van der Waals surface area contributed by atoms with Gasteiger partial charge in [0.1, 0.15) is 10.3 Å². The van der Waals surface area contributed by atoms with Gasteiger partial charge < -0.3 is 9.05 Å². The summed E-state index contributed by atoms with van der Waals surface area (Å²) in [5, 5.41) is 0. The molecule has 0 aromatic heterocycles. The molecule has 0 spiro atoms. The fourth-order valence-electron chi connectivity index (χ4n) is 0.643. The summed E-state index contributed by atoms with van der Waals surface area (Å²) in [6.07, 6.45) is 0. The van der Waals surface area contributed by atoms with Gasteiger partial charge in [0.15, 0.2) is 0 Å². The zero-order valence-electron chi connectivity index (χ0n) is 7.13. The lowest BCUT2D eigenvalue weighted by Crippen LogP contribution is -2.08. The maximum atomic E-state index is 12.2. The second kappa shape index (κ2) is 6.29. The Morgan fingerprint density at radius 1 is 1.42 bits per heavy atom. The van der Waals surface area contributed by atoms with Crippen LogP contribution in [-0.2, 0) is 13.6 Å². The average Bonchev–Trinajstić information content (AvgIpc) is 2.04. The van der Waals surface area contributed by atoms with E-state index in [0.29, 0.717) is 0 Å². The summed E-state index contributed by atoms with van der Waals surface area (Å²) in [4.78, 5) is 0. The Bertz CT molecular complexity index is 157. The molecule has 0 fully saturated rings. The summed E-state index contributed by atoms with van der Waals surface area (Å²) in [6, 6.07) is 0. The van der Waals surface area contributed by atoms with Gasteiger partial charge in [-0.1, -0.05) is 22.6 Å². The zero-order chi connectivity index (χ0) is 9.61. The van der Waals surface area contributed by atoms with Gasteiger partial charge >= 0.3 is 7.60 Å². The van der Waals surface area contributed by atoms with Crippen LogP contribution in [0, 0.1) is 0 Å². The molecule has 0 aliphatic carbocycles. The van der Waals surface area contributed by atoms with Gasteiger partial charge in [0.2, 0.25) is 0 Å². The van der Waals surface area contributed by atoms with Crippen LogP contribution in [0.4, 0.5) is 4.39 Å². The lowest BCUT2D eigenvalue weighted by atomic mass is 10.9. The Morgan fingerprint density at radius 3 is 2.08 bits per heavy atom. The summed E-state index contributed by atoms with van der Waals surface area (Å²) >= 11 is 1.74. The average molecular weight is 310 g/mol. The first-order valence-corrected chi connectivity index (χ1v) is 6.55. The van der Waals surface area contributed by atoms with Crippen LogP contribution < -0.4 is 0 Å². The topological polar surface area (TPSA) is 35.5 Å². The molecule has 74 valence electrons. The van der Waals surface area contributed by atoms with Crippen LogP contribution in [0.2, 0.25) is 0 Å². The van der Waals surface area contributed by atoms with Crippen molar-refractivity contribution < 1.29 is 18.0 Å². The quantitative estimate of drug-likeness (QED) is 0.430. The summed E-state index contributed by atoms with van der Waals surface area (Å²) in [7, 11) is -3.20. The molecule has 6 heteroatoms. The maximum Gasteiger partial charge on any atom is 0.346 e. The monoisotopic (exact) mass is 310 g/mol. The van der Waals surface area contributed by atoms with Crippen LogP contribution in [0.5, 0.6) is 0 Å². The van der Waals surface area contributed by atoms with Crippen LogP contribution >= 0.6 is 30.2 Å². The van der Waals surface area contributed by atoms with E-state index in [1.54, 1.807) is 36.4 Å². The first kappa shape index (κ1) is 12.8. The van der Waals surface area contributed by atoms with E-state index >= 15 is 0 Å². The molecule has 1 unspecified atom stereocenters. The molecule has 0 aromatic carbocycles. The van der Waals surface area contributed by atoms with Crippen molar-refractivity contribution in [3.05, 3.63) is 0 Å². The minimum absolute atomic E-state index is 0.275. The van der Waals surface area contributed by atoms with E-state index in [1.165, 1.54) is 0 Å². The molecule has 1 atom stereocenters. The molecule has 0 radical (unpaired) electrons. The van der Waals surface area contributed by atoms with Crippen LogP contribution in [0.3, 0.4) is 0 Å². The van der Waals surface area contributed by atoms with Gasteiger partial charge in [0.05, 0.1) is 13.2 Å². The molecule has 0 heterocycles. The molecular formula is C6H13FIO3P. The third-order valence-corrected chi connectivity index (χ3v) is 5.53. The van der Waals surface area contributed by atoms with E-state index in [4.69, 9.17) is 9.05 Å². The second-order valence-corrected chi connectivity index (χ2v) is 6.67. The summed E-state index contributed by atoms with van der Waals surface area (Å²) < 4.78 is 33.0. The van der Waals surface area contributed by atoms with E-state index in [0.717, 1.165) is 0 Å². The second-order valence-electron chi connectivity index (χ2n) is 1.96. The van der Waals surface area contributed by atoms with Gasteiger partial charge in [-0.15, -0.1) is 0 Å². The Labute approximate surface area is 85.7 Å². The highest BCUT2D eigenvalue weighted by atomic mass is 127. The normalized spacial score (nSPS) is 14.7. The number of rotatable bonds is 6. The number of hydrogen-bond acceptors (Lipinski definition) is 3. The third-order valence-electron chi connectivity index (χ3n) is 1.09. The van der Waals surface area contributed by atoms with E-state index in [2.05, 4.69) is 0 Å². The maximum absolute atomic E-state index is 12.2. The van der Waals surface area contributed by atoms with E-state index < -0.39 is 17.9 Å². The molecule has 0 bridgehead atoms. The SMILES string of the molecule is CCOP(=O)(OCC)C(I)CF. The molecule has 0 rings (SSSR count). The van der Waals surface area contributed by atoms with Gasteiger partial charge in [-0.2, -0.15) is 0 Å². The highest BCUT2D eigenvalue weighted by molar-refractivity contribution is 14.1. The minimum atomic E-state index is -3.20. The van der Waals surface area contributed by atoms with Crippen molar-refractivity contribution in [1.82, 2.24) is 0 Å². The summed E-state index contributed by atoms with van der Waals surface area (Å²) in [5.41, 5.74) is 0. The van der Waals surface area contributed by atoms with Gasteiger partial charge in [0.25, 0.3) is 0 Å². The van der Waals surface area contributed by atoms with E-state index in [1.807, 2.05) is 0 Å². The Kier molecular flexibility index (Phi) is 6.72. The predicted octanol–water partition coefficient (Wildman–Crippen LogP) is 2.98. The molecule has 0 saturated carbocycles. The Morgan fingerprint density at radius 2 is 1.83 bits per heavy atom. The highest BCUT2D eigenvalue weighted by Crippen LogP contribution is 2.55. The molecule has 0 N–H and O–H groups in total. The van der Waals surface area contributed by atoms with Crippen molar-refractivity contribution in [1.29, 1.82) is 0 Å². The van der Waals surface area contributed by atoms with Crippen molar-refractivity contribution in [2.75, 3.05) is 19.9 Å². The Balaban J connectivity index is 4.27. The molecule has 0 saturated heterocycles. The molecule has 0 aromatic rings. The fourth-order valence-corrected chi connectivity index (χ4v) is 2.90. The molecule has 12 heavy (non-hydrogen) atoms. The summed E-state index contributed by atoms with van der Waals surface area (Å²) in [6.45, 7) is 3.26. The van der Waals surface area contributed by atoms with Gasteiger partial charge in [-0.05, 0) is 13.8 Å². The van der Waals surface area contributed by atoms with Crippen LogP contribution in [0.25, 0.3) is 0 Å². The zero-order valence-corrected chi connectivity index (χ0v) is 10.2. The molecule has 0 aliphatic heterocycles. The third kappa shape index (κ3) is 3.68. The van der Waals surface area contributed by atoms with Crippen molar-refractivity contribution in [2.24, 2.45) is 0 Å². The minimum Gasteiger partial charge on any atom is -0.308 e. The van der Waals surface area contributed by atoms with Gasteiger partial charge in [-0.25, -0.2) is 4.39 Å². The van der Waals surface area contributed by atoms with Crippen molar-refractivity contribution >= 4 is 30.2 Å². The van der Waals surface area contributed by atoms with Gasteiger partial charge in [0, 0.05) is 0 Å². The van der Waals surface area contributed by atoms with Gasteiger partial charge in [-0.3, -0.25) is 4.57 Å². The van der Waals surface area contributed by atoms with Crippen molar-refractivity contribution in [2.45, 2.75) is 17.5 Å². The van der Waals surface area contributed by atoms with Crippen molar-refractivity contribution in [3.8, 4) is 0 Å². The summed E-state index contributed by atoms with van der Waals surface area (Å²) in [5.74, 6) is 0.